The number of halogens is 1. The van der Waals surface area contributed by atoms with Gasteiger partial charge in [0.25, 0.3) is 0 Å². The second kappa shape index (κ2) is 5.46. The molecule has 0 fully saturated rings. The number of benzene rings is 3. The van der Waals surface area contributed by atoms with Gasteiger partial charge in [-0.2, -0.15) is 0 Å². The Morgan fingerprint density at radius 3 is 2.21 bits per heavy atom. The molecule has 3 heteroatoms. The number of hydrogen-bond donors (Lipinski definition) is 0. The fourth-order valence-electron chi connectivity index (χ4n) is 4.00. The first-order valence-corrected chi connectivity index (χ1v) is 9.04. The molecule has 0 bridgehead atoms. The summed E-state index contributed by atoms with van der Waals surface area (Å²) in [5.41, 5.74) is 6.93. The molecule has 5 rings (SSSR count). The molecule has 1 aromatic heterocycles. The maximum atomic E-state index is 3.66. The zero-order valence-electron chi connectivity index (χ0n) is 13.1. The van der Waals surface area contributed by atoms with E-state index in [1.165, 1.54) is 33.2 Å². The van der Waals surface area contributed by atoms with Crippen molar-refractivity contribution in [3.05, 3.63) is 88.3 Å². The summed E-state index contributed by atoms with van der Waals surface area (Å²) in [6.07, 6.45) is 0. The van der Waals surface area contributed by atoms with Crippen LogP contribution in [0.2, 0.25) is 0 Å². The summed E-state index contributed by atoms with van der Waals surface area (Å²) in [6.45, 7) is 0.966. The van der Waals surface area contributed by atoms with E-state index >= 15 is 0 Å². The van der Waals surface area contributed by atoms with Gasteiger partial charge in [0.1, 0.15) is 0 Å². The number of fused-ring (bicyclic) bond motifs is 4. The quantitative estimate of drug-likeness (QED) is 0.435. The van der Waals surface area contributed by atoms with E-state index in [0.29, 0.717) is 5.92 Å². The molecule has 0 saturated heterocycles. The van der Waals surface area contributed by atoms with Crippen LogP contribution in [0.1, 0.15) is 17.0 Å². The van der Waals surface area contributed by atoms with Crippen LogP contribution < -0.4 is 0 Å². The second-order valence-corrected chi connectivity index (χ2v) is 7.22. The molecule has 0 atom stereocenters. The number of rotatable bonds is 2. The molecule has 24 heavy (non-hydrogen) atoms. The Hall–Kier alpha value is -2.13. The first kappa shape index (κ1) is 14.2. The molecule has 0 amide bonds. The van der Waals surface area contributed by atoms with Gasteiger partial charge in [0.15, 0.2) is 0 Å². The maximum absolute atomic E-state index is 3.66. The van der Waals surface area contributed by atoms with Crippen molar-refractivity contribution in [3.63, 3.8) is 0 Å². The fourth-order valence-corrected chi connectivity index (χ4v) is 4.49. The van der Waals surface area contributed by atoms with Crippen molar-refractivity contribution in [2.75, 3.05) is 0 Å². The summed E-state index contributed by atoms with van der Waals surface area (Å²) in [4.78, 5) is 0. The van der Waals surface area contributed by atoms with Crippen molar-refractivity contribution in [1.82, 2.24) is 4.47 Å². The van der Waals surface area contributed by atoms with Crippen LogP contribution in [0, 0.1) is 0 Å². The van der Waals surface area contributed by atoms with Gasteiger partial charge >= 0.3 is 150 Å². The van der Waals surface area contributed by atoms with Gasteiger partial charge in [0, 0.05) is 0 Å². The van der Waals surface area contributed by atoms with Crippen molar-refractivity contribution in [3.8, 4) is 11.1 Å². The molecule has 0 aliphatic heterocycles. The third-order valence-corrected chi connectivity index (χ3v) is 5.79. The van der Waals surface area contributed by atoms with Gasteiger partial charge in [-0.15, -0.1) is 0 Å². The van der Waals surface area contributed by atoms with Crippen LogP contribution in [0.3, 0.4) is 0 Å². The summed E-state index contributed by atoms with van der Waals surface area (Å²) in [5, 5.41) is 1.28. The molecular formula is C21H15BBrN. The van der Waals surface area contributed by atoms with Gasteiger partial charge in [-0.05, 0) is 0 Å². The standard InChI is InChI=1S/C21H15BBrN/c23-20-10-5-11-21-18(20)12-22-24(21)13-19-16-8-3-1-6-14(16)15-7-2-4-9-17(15)19/h1-12,19H,13H2. The van der Waals surface area contributed by atoms with E-state index in [-0.39, 0.29) is 0 Å². The molecule has 0 radical (unpaired) electrons. The molecule has 0 unspecified atom stereocenters. The van der Waals surface area contributed by atoms with E-state index in [9.17, 15) is 0 Å². The average molecular weight is 372 g/mol. The van der Waals surface area contributed by atoms with Crippen molar-refractivity contribution in [1.29, 1.82) is 0 Å². The minimum atomic E-state index is 0.409. The van der Waals surface area contributed by atoms with Gasteiger partial charge in [-0.1, -0.05) is 0 Å². The van der Waals surface area contributed by atoms with E-state index in [1.807, 2.05) is 0 Å². The molecule has 4 aromatic rings. The second-order valence-electron chi connectivity index (χ2n) is 6.37. The molecule has 0 N–H and O–H groups in total. The predicted octanol–water partition coefficient (Wildman–Crippen LogP) is 5.55. The molecule has 3 aromatic carbocycles. The van der Waals surface area contributed by atoms with Gasteiger partial charge in [-0.25, -0.2) is 0 Å². The van der Waals surface area contributed by atoms with Crippen LogP contribution in [0.4, 0.5) is 0 Å². The fraction of sp³-hybridized carbons (Fsp3) is 0.0952. The molecule has 0 saturated carbocycles. The van der Waals surface area contributed by atoms with Gasteiger partial charge in [0.05, 0.1) is 0 Å². The molecule has 1 heterocycles. The van der Waals surface area contributed by atoms with Gasteiger partial charge < -0.3 is 0 Å². The Kier molecular flexibility index (Phi) is 3.24. The zero-order chi connectivity index (χ0) is 16.1. The van der Waals surface area contributed by atoms with E-state index in [1.54, 1.807) is 0 Å². The van der Waals surface area contributed by atoms with Crippen LogP contribution in [-0.2, 0) is 6.54 Å². The van der Waals surface area contributed by atoms with Crippen molar-refractivity contribution in [2.24, 2.45) is 0 Å². The first-order chi connectivity index (χ1) is 11.8. The molecule has 1 nitrogen and oxygen atoms in total. The van der Waals surface area contributed by atoms with E-state index in [0.717, 1.165) is 11.0 Å². The summed E-state index contributed by atoms with van der Waals surface area (Å²) < 4.78 is 3.54. The Morgan fingerprint density at radius 2 is 1.50 bits per heavy atom. The Bertz CT molecular complexity index is 1020. The Balaban J connectivity index is 1.65. The summed E-state index contributed by atoms with van der Waals surface area (Å²) >= 11 is 3.66. The Labute approximate surface area is 150 Å². The van der Waals surface area contributed by atoms with E-state index in [4.69, 9.17) is 0 Å². The van der Waals surface area contributed by atoms with Gasteiger partial charge in [0.2, 0.25) is 0 Å². The van der Waals surface area contributed by atoms with Crippen molar-refractivity contribution in [2.45, 2.75) is 12.5 Å². The number of nitrogens with zero attached hydrogens (tertiary/aromatic N) is 1. The molecule has 0 spiro atoms. The normalized spacial score (nSPS) is 13.0. The van der Waals surface area contributed by atoms with Crippen molar-refractivity contribution < 1.29 is 0 Å². The van der Waals surface area contributed by atoms with Gasteiger partial charge in [-0.3, -0.25) is 0 Å². The average Bonchev–Trinajstić information content (AvgIpc) is 3.17. The third-order valence-electron chi connectivity index (χ3n) is 5.10. The van der Waals surface area contributed by atoms with E-state index in [2.05, 4.69) is 100 Å². The third kappa shape index (κ3) is 2.04. The van der Waals surface area contributed by atoms with Crippen LogP contribution in [0.25, 0.3) is 22.0 Å². The molecular weight excluding hydrogens is 357 g/mol. The molecule has 1 aliphatic rings. The molecule has 114 valence electrons. The van der Waals surface area contributed by atoms with E-state index < -0.39 is 0 Å². The number of aromatic nitrogens is 1. The number of hydrogen-bond acceptors (Lipinski definition) is 0. The van der Waals surface area contributed by atoms with Crippen LogP contribution >= 0.6 is 15.9 Å². The minimum absolute atomic E-state index is 0.409. The van der Waals surface area contributed by atoms with Crippen LogP contribution in [0.15, 0.2) is 77.2 Å². The van der Waals surface area contributed by atoms with Crippen LogP contribution in [-0.4, -0.2) is 11.5 Å². The molecule has 1 aliphatic carbocycles. The van der Waals surface area contributed by atoms with Crippen molar-refractivity contribution >= 4 is 33.9 Å². The first-order valence-electron chi connectivity index (χ1n) is 8.24. The zero-order valence-corrected chi connectivity index (χ0v) is 14.7. The predicted molar refractivity (Wildman–Crippen MR) is 105 cm³/mol. The SMILES string of the molecule is Brc1cccc2c1cbn2CC1c2ccccc2-c2ccccc21. The summed E-state index contributed by atoms with van der Waals surface area (Å²) in [6, 6.07) is 24.1. The monoisotopic (exact) mass is 371 g/mol. The topological polar surface area (TPSA) is 4.93 Å². The Morgan fingerprint density at radius 1 is 0.833 bits per heavy atom. The summed E-state index contributed by atoms with van der Waals surface area (Å²) in [7, 11) is 2.21. The van der Waals surface area contributed by atoms with Crippen LogP contribution in [0.5, 0.6) is 0 Å². The summed E-state index contributed by atoms with van der Waals surface area (Å²) in [5.74, 6) is 2.61.